The Bertz CT molecular complexity index is 601. The highest BCUT2D eigenvalue weighted by Gasteiger charge is 2.28. The minimum Gasteiger partial charge on any atom is -0.481 e. The van der Waals surface area contributed by atoms with Crippen LogP contribution in [-0.4, -0.2) is 44.8 Å². The number of nitrogens with one attached hydrogen (secondary N) is 1. The van der Waals surface area contributed by atoms with Gasteiger partial charge in [0.2, 0.25) is 0 Å². The van der Waals surface area contributed by atoms with Gasteiger partial charge in [0.1, 0.15) is 0 Å². The van der Waals surface area contributed by atoms with Crippen molar-refractivity contribution in [3.05, 3.63) is 17.5 Å². The summed E-state index contributed by atoms with van der Waals surface area (Å²) < 4.78 is 1.85. The molecule has 0 spiro atoms. The summed E-state index contributed by atoms with van der Waals surface area (Å²) in [7, 11) is 3.08. The third-order valence-corrected chi connectivity index (χ3v) is 5.72. The van der Waals surface area contributed by atoms with Gasteiger partial charge in [0.25, 0.3) is 5.91 Å². The molecule has 2 N–H and O–H groups in total. The molecule has 1 aromatic heterocycles. The zero-order valence-corrected chi connectivity index (χ0v) is 17.5. The van der Waals surface area contributed by atoms with Crippen molar-refractivity contribution in [2.24, 2.45) is 0 Å². The van der Waals surface area contributed by atoms with Gasteiger partial charge in [-0.25, -0.2) is 0 Å². The normalized spacial score (nSPS) is 12.2. The van der Waals surface area contributed by atoms with Crippen LogP contribution in [0, 0.1) is 0 Å². The lowest BCUT2D eigenvalue weighted by Crippen LogP contribution is -2.28. The molecule has 1 amide bonds. The minimum atomic E-state index is -0.785. The second-order valence-corrected chi connectivity index (χ2v) is 10.5. The molecule has 142 valence electrons. The van der Waals surface area contributed by atoms with E-state index in [-0.39, 0.29) is 23.3 Å². The second kappa shape index (κ2) is 8.98. The molecule has 0 unspecified atom stereocenters. The molecule has 0 aliphatic carbocycles. The molecule has 8 heteroatoms. The standard InChI is InChI=1S/C17H29N3O3S2/c1-16(2,3)14-12(11-20(19-14)17(4,5)6)15(23)18-8-10-25-24-9-7-13(21)22/h11H,7-10H2,1-6H3,(H,18,23)(H,21,22). The summed E-state index contributed by atoms with van der Waals surface area (Å²) in [6.07, 6.45) is 1.98. The van der Waals surface area contributed by atoms with Crippen molar-refractivity contribution >= 4 is 33.5 Å². The molecule has 0 atom stereocenters. The Labute approximate surface area is 157 Å². The third kappa shape index (κ3) is 7.32. The molecule has 0 radical (unpaired) electrons. The maximum absolute atomic E-state index is 12.6. The van der Waals surface area contributed by atoms with Gasteiger partial charge in [0.05, 0.1) is 23.2 Å². The highest BCUT2D eigenvalue weighted by Crippen LogP contribution is 2.27. The Morgan fingerprint density at radius 3 is 2.28 bits per heavy atom. The highest BCUT2D eigenvalue weighted by atomic mass is 33.1. The molecular weight excluding hydrogens is 358 g/mol. The van der Waals surface area contributed by atoms with Crippen molar-refractivity contribution in [1.82, 2.24) is 15.1 Å². The zero-order valence-electron chi connectivity index (χ0n) is 15.9. The summed E-state index contributed by atoms with van der Waals surface area (Å²) in [5, 5.41) is 16.2. The number of carboxylic acids is 1. The first-order valence-corrected chi connectivity index (χ1v) is 10.8. The molecule has 1 rings (SSSR count). The number of amides is 1. The number of aliphatic carboxylic acids is 1. The predicted octanol–water partition coefficient (Wildman–Crippen LogP) is 3.52. The van der Waals surface area contributed by atoms with Gasteiger partial charge < -0.3 is 10.4 Å². The van der Waals surface area contributed by atoms with Gasteiger partial charge in [-0.05, 0) is 20.8 Å². The van der Waals surface area contributed by atoms with E-state index in [0.29, 0.717) is 17.9 Å². The summed E-state index contributed by atoms with van der Waals surface area (Å²) >= 11 is 0. The van der Waals surface area contributed by atoms with Crippen LogP contribution >= 0.6 is 21.6 Å². The number of rotatable bonds is 8. The predicted molar refractivity (Wildman–Crippen MR) is 105 cm³/mol. The molecular formula is C17H29N3O3S2. The van der Waals surface area contributed by atoms with E-state index in [0.717, 1.165) is 11.4 Å². The molecule has 0 aliphatic heterocycles. The van der Waals surface area contributed by atoms with Crippen LogP contribution in [0.5, 0.6) is 0 Å². The van der Waals surface area contributed by atoms with Crippen LogP contribution in [0.2, 0.25) is 0 Å². The molecule has 0 saturated carbocycles. The Balaban J connectivity index is 2.63. The van der Waals surface area contributed by atoms with Gasteiger partial charge in [-0.1, -0.05) is 42.4 Å². The van der Waals surface area contributed by atoms with Crippen molar-refractivity contribution in [2.45, 2.75) is 58.9 Å². The molecule has 1 heterocycles. The van der Waals surface area contributed by atoms with E-state index in [1.54, 1.807) is 10.8 Å². The first-order valence-electron chi connectivity index (χ1n) is 8.28. The quantitative estimate of drug-likeness (QED) is 0.524. The maximum atomic E-state index is 12.6. The van der Waals surface area contributed by atoms with Crippen molar-refractivity contribution in [1.29, 1.82) is 0 Å². The molecule has 0 aromatic carbocycles. The van der Waals surface area contributed by atoms with Crippen LogP contribution in [0.25, 0.3) is 0 Å². The Kier molecular flexibility index (Phi) is 7.87. The Morgan fingerprint density at radius 1 is 1.16 bits per heavy atom. The smallest absolute Gasteiger partial charge is 0.304 e. The molecule has 25 heavy (non-hydrogen) atoms. The van der Waals surface area contributed by atoms with Gasteiger partial charge in [0.15, 0.2) is 0 Å². The molecule has 0 saturated heterocycles. The fourth-order valence-corrected chi connectivity index (χ4v) is 3.87. The van der Waals surface area contributed by atoms with Crippen molar-refractivity contribution in [2.75, 3.05) is 18.1 Å². The fourth-order valence-electron chi connectivity index (χ4n) is 1.99. The van der Waals surface area contributed by atoms with Crippen LogP contribution in [0.4, 0.5) is 0 Å². The average Bonchev–Trinajstić information content (AvgIpc) is 2.91. The van der Waals surface area contributed by atoms with Crippen LogP contribution in [0.3, 0.4) is 0 Å². The number of hydrogen-bond donors (Lipinski definition) is 2. The van der Waals surface area contributed by atoms with Gasteiger partial charge >= 0.3 is 5.97 Å². The first kappa shape index (κ1) is 21.9. The summed E-state index contributed by atoms with van der Waals surface area (Å²) in [6, 6.07) is 0. The number of nitrogens with zero attached hydrogens (tertiary/aromatic N) is 2. The molecule has 1 aromatic rings. The van der Waals surface area contributed by atoms with Crippen LogP contribution in [0.1, 0.15) is 64.0 Å². The fraction of sp³-hybridized carbons (Fsp3) is 0.706. The monoisotopic (exact) mass is 387 g/mol. The van der Waals surface area contributed by atoms with Crippen molar-refractivity contribution < 1.29 is 14.7 Å². The molecule has 0 aliphatic rings. The zero-order chi connectivity index (χ0) is 19.3. The van der Waals surface area contributed by atoms with Gasteiger partial charge in [-0.3, -0.25) is 14.3 Å². The Morgan fingerprint density at radius 2 is 1.76 bits per heavy atom. The first-order chi connectivity index (χ1) is 11.4. The second-order valence-electron chi connectivity index (χ2n) is 7.80. The van der Waals surface area contributed by atoms with Crippen molar-refractivity contribution in [3.8, 4) is 0 Å². The lowest BCUT2D eigenvalue weighted by Gasteiger charge is -2.20. The van der Waals surface area contributed by atoms with E-state index in [1.807, 2.05) is 31.6 Å². The van der Waals surface area contributed by atoms with E-state index in [9.17, 15) is 9.59 Å². The van der Waals surface area contributed by atoms with E-state index < -0.39 is 5.97 Å². The lowest BCUT2D eigenvalue weighted by atomic mass is 9.89. The number of carboxylic acid groups (broad SMARTS) is 1. The Hall–Kier alpha value is -1.15. The number of carbonyl (C=O) groups excluding carboxylic acids is 1. The largest absolute Gasteiger partial charge is 0.481 e. The van der Waals surface area contributed by atoms with Crippen LogP contribution in [0.15, 0.2) is 6.20 Å². The number of hydrogen-bond acceptors (Lipinski definition) is 5. The minimum absolute atomic E-state index is 0.114. The van der Waals surface area contributed by atoms with E-state index in [2.05, 4.69) is 31.2 Å². The topological polar surface area (TPSA) is 84.2 Å². The molecule has 0 fully saturated rings. The van der Waals surface area contributed by atoms with E-state index in [4.69, 9.17) is 5.11 Å². The van der Waals surface area contributed by atoms with E-state index in [1.165, 1.54) is 10.8 Å². The highest BCUT2D eigenvalue weighted by molar-refractivity contribution is 8.76. The van der Waals surface area contributed by atoms with Crippen LogP contribution in [-0.2, 0) is 15.7 Å². The third-order valence-electron chi connectivity index (χ3n) is 3.31. The van der Waals surface area contributed by atoms with Crippen molar-refractivity contribution in [3.63, 3.8) is 0 Å². The molecule has 0 bridgehead atoms. The van der Waals surface area contributed by atoms with Gasteiger partial charge in [-0.15, -0.1) is 0 Å². The summed E-state index contributed by atoms with van der Waals surface area (Å²) in [4.78, 5) is 23.0. The summed E-state index contributed by atoms with van der Waals surface area (Å²) in [5.41, 5.74) is 1.01. The average molecular weight is 388 g/mol. The van der Waals surface area contributed by atoms with E-state index >= 15 is 0 Å². The maximum Gasteiger partial charge on any atom is 0.304 e. The SMILES string of the molecule is CC(C)(C)c1nn(C(C)(C)C)cc1C(=O)NCCSSCCC(=O)O. The lowest BCUT2D eigenvalue weighted by molar-refractivity contribution is -0.136. The number of carbonyl (C=O) groups is 2. The van der Waals surface area contributed by atoms with Gasteiger partial charge in [0, 0.05) is 29.7 Å². The van der Waals surface area contributed by atoms with Crippen LogP contribution < -0.4 is 5.32 Å². The summed E-state index contributed by atoms with van der Waals surface area (Å²) in [6.45, 7) is 12.8. The van der Waals surface area contributed by atoms with Gasteiger partial charge in [-0.2, -0.15) is 5.10 Å². The number of aromatic nitrogens is 2. The molecule has 6 nitrogen and oxygen atoms in total. The summed E-state index contributed by atoms with van der Waals surface area (Å²) in [5.74, 6) is 0.401.